The summed E-state index contributed by atoms with van der Waals surface area (Å²) in [7, 11) is -3.43. The molecule has 2 atom stereocenters. The molecule has 2 aliphatic heterocycles. The number of hydrogen-bond donors (Lipinski definition) is 0. The molecule has 2 aromatic rings. The van der Waals surface area contributed by atoms with E-state index in [1.165, 1.54) is 19.3 Å². The number of nitrogens with zero attached hydrogens (tertiary/aromatic N) is 1. The number of para-hydroxylation sites is 1. The predicted molar refractivity (Wildman–Crippen MR) is 120 cm³/mol. The topological polar surface area (TPSA) is 55.8 Å². The highest BCUT2D eigenvalue weighted by atomic mass is 32.2. The van der Waals surface area contributed by atoms with E-state index in [0.717, 1.165) is 43.3 Å². The van der Waals surface area contributed by atoms with E-state index in [4.69, 9.17) is 9.47 Å². The number of piperidine rings is 1. The zero-order chi connectivity index (χ0) is 21.4. The monoisotopic (exact) mass is 441 g/mol. The smallest absolute Gasteiger partial charge is 0.188 e. The van der Waals surface area contributed by atoms with Crippen LogP contribution in [0.5, 0.6) is 11.5 Å². The van der Waals surface area contributed by atoms with Crippen molar-refractivity contribution in [2.75, 3.05) is 13.1 Å². The lowest BCUT2D eigenvalue weighted by Gasteiger charge is -2.41. The fourth-order valence-corrected chi connectivity index (χ4v) is 7.04. The number of fused-ring (bicyclic) bond motifs is 1. The maximum Gasteiger partial charge on any atom is 0.188 e. The van der Waals surface area contributed by atoms with Crippen LogP contribution in [0.1, 0.15) is 57.1 Å². The molecule has 2 aromatic carbocycles. The Morgan fingerprint density at radius 2 is 1.71 bits per heavy atom. The average molecular weight is 442 g/mol. The van der Waals surface area contributed by atoms with E-state index in [2.05, 4.69) is 4.90 Å². The van der Waals surface area contributed by atoms with Crippen LogP contribution in [-0.4, -0.2) is 43.8 Å². The highest BCUT2D eigenvalue weighted by Crippen LogP contribution is 2.42. The van der Waals surface area contributed by atoms with Gasteiger partial charge in [0.05, 0.1) is 0 Å². The van der Waals surface area contributed by atoms with Gasteiger partial charge in [-0.15, -0.1) is 0 Å². The molecule has 2 heterocycles. The molecule has 1 saturated carbocycles. The van der Waals surface area contributed by atoms with Crippen molar-refractivity contribution in [3.05, 3.63) is 54.1 Å². The van der Waals surface area contributed by atoms with Crippen LogP contribution in [0.3, 0.4) is 0 Å². The molecule has 3 aliphatic rings. The average Bonchev–Trinajstić information content (AvgIpc) is 2.74. The normalized spacial score (nSPS) is 26.5. The van der Waals surface area contributed by atoms with E-state index >= 15 is 0 Å². The number of likely N-dealkylation sites (tertiary alicyclic amines) is 1. The van der Waals surface area contributed by atoms with Crippen molar-refractivity contribution in [1.29, 1.82) is 0 Å². The van der Waals surface area contributed by atoms with Crippen LogP contribution < -0.4 is 9.47 Å². The van der Waals surface area contributed by atoms with Crippen molar-refractivity contribution in [3.63, 3.8) is 0 Å². The Kier molecular flexibility index (Phi) is 5.69. The quantitative estimate of drug-likeness (QED) is 0.669. The van der Waals surface area contributed by atoms with Gasteiger partial charge in [-0.1, -0.05) is 37.6 Å². The third-order valence-electron chi connectivity index (χ3n) is 7.13. The van der Waals surface area contributed by atoms with Gasteiger partial charge in [-0.2, -0.15) is 0 Å². The maximum atomic E-state index is 13.1. The lowest BCUT2D eigenvalue weighted by molar-refractivity contribution is 0.0493. The van der Waals surface area contributed by atoms with Gasteiger partial charge in [-0.25, -0.2) is 8.42 Å². The minimum atomic E-state index is -3.43. The Morgan fingerprint density at radius 3 is 2.35 bits per heavy atom. The van der Waals surface area contributed by atoms with E-state index < -0.39 is 21.2 Å². The largest absolute Gasteiger partial charge is 0.490 e. The lowest BCUT2D eigenvalue weighted by atomic mass is 9.90. The van der Waals surface area contributed by atoms with Crippen LogP contribution in [0.4, 0.5) is 0 Å². The minimum Gasteiger partial charge on any atom is -0.490 e. The highest BCUT2D eigenvalue weighted by Gasteiger charge is 2.42. The summed E-state index contributed by atoms with van der Waals surface area (Å²) >= 11 is 0. The van der Waals surface area contributed by atoms with E-state index in [1.54, 1.807) is 18.2 Å². The molecule has 0 amide bonds. The first-order valence-corrected chi connectivity index (χ1v) is 13.1. The molecule has 31 heavy (non-hydrogen) atoms. The molecule has 0 aromatic heterocycles. The van der Waals surface area contributed by atoms with Crippen molar-refractivity contribution in [2.24, 2.45) is 0 Å². The molecule has 0 radical (unpaired) electrons. The molecule has 5 rings (SSSR count). The summed E-state index contributed by atoms with van der Waals surface area (Å²) < 4.78 is 38.7. The number of rotatable bonds is 5. The second kappa shape index (κ2) is 8.47. The maximum absolute atomic E-state index is 13.1. The fourth-order valence-electron chi connectivity index (χ4n) is 5.08. The first-order chi connectivity index (χ1) is 15.1. The Balaban J connectivity index is 1.27. The third-order valence-corrected chi connectivity index (χ3v) is 9.46. The predicted octanol–water partition coefficient (Wildman–Crippen LogP) is 4.77. The Morgan fingerprint density at radius 1 is 1.00 bits per heavy atom. The molecule has 0 unspecified atom stereocenters. The van der Waals surface area contributed by atoms with Crippen LogP contribution in [0.25, 0.3) is 0 Å². The molecule has 166 valence electrons. The molecule has 6 heteroatoms. The van der Waals surface area contributed by atoms with Crippen LogP contribution >= 0.6 is 0 Å². The number of hydrogen-bond acceptors (Lipinski definition) is 5. The summed E-state index contributed by atoms with van der Waals surface area (Å²) in [4.78, 5) is 2.92. The highest BCUT2D eigenvalue weighted by molar-refractivity contribution is 7.92. The molecular formula is C25H31NO4S. The van der Waals surface area contributed by atoms with E-state index in [-0.39, 0.29) is 6.10 Å². The first-order valence-electron chi connectivity index (χ1n) is 11.6. The zero-order valence-electron chi connectivity index (χ0n) is 18.1. The number of sulfone groups is 1. The Hall–Kier alpha value is -2.05. The summed E-state index contributed by atoms with van der Waals surface area (Å²) in [6.45, 7) is 4.15. The standard InChI is InChI=1S/C25H31NO4S/c1-2-23-25(30-22-8-3-4-9-24(22)31(23,27)28)18-10-12-20(13-11-18)29-21-14-16-26(17-15-21)19-6-5-7-19/h3-4,8-13,19,21,23,25H,2,5-7,14-17H2,1H3/t23-,25-/m1/s1. The van der Waals surface area contributed by atoms with Gasteiger partial charge in [0.15, 0.2) is 9.84 Å². The van der Waals surface area contributed by atoms with Gasteiger partial charge in [0, 0.05) is 19.1 Å². The molecule has 0 bridgehead atoms. The second-order valence-electron chi connectivity index (χ2n) is 8.98. The zero-order valence-corrected chi connectivity index (χ0v) is 18.9. The van der Waals surface area contributed by atoms with Crippen LogP contribution in [0.2, 0.25) is 0 Å². The minimum absolute atomic E-state index is 0.253. The molecular weight excluding hydrogens is 410 g/mol. The van der Waals surface area contributed by atoms with Crippen LogP contribution in [-0.2, 0) is 9.84 Å². The molecule has 5 nitrogen and oxygen atoms in total. The van der Waals surface area contributed by atoms with Crippen molar-refractivity contribution in [1.82, 2.24) is 4.90 Å². The van der Waals surface area contributed by atoms with Crippen molar-refractivity contribution in [3.8, 4) is 11.5 Å². The van der Waals surface area contributed by atoms with Crippen LogP contribution in [0, 0.1) is 0 Å². The van der Waals surface area contributed by atoms with Gasteiger partial charge in [0.2, 0.25) is 0 Å². The molecule has 0 spiro atoms. The summed E-state index contributed by atoms with van der Waals surface area (Å²) in [6, 6.07) is 15.6. The van der Waals surface area contributed by atoms with Gasteiger partial charge in [0.1, 0.15) is 33.9 Å². The van der Waals surface area contributed by atoms with Gasteiger partial charge < -0.3 is 14.4 Å². The summed E-state index contributed by atoms with van der Waals surface area (Å²) in [5.74, 6) is 1.29. The molecule has 1 saturated heterocycles. The van der Waals surface area contributed by atoms with E-state index in [0.29, 0.717) is 17.1 Å². The molecule has 1 aliphatic carbocycles. The third kappa shape index (κ3) is 3.96. The summed E-state index contributed by atoms with van der Waals surface area (Å²) in [5.41, 5.74) is 0.872. The van der Waals surface area contributed by atoms with Gasteiger partial charge >= 0.3 is 0 Å². The lowest BCUT2D eigenvalue weighted by Crippen LogP contribution is -2.46. The number of ether oxygens (including phenoxy) is 2. The molecule has 2 fully saturated rings. The number of benzene rings is 2. The Bertz CT molecular complexity index is 1010. The van der Waals surface area contributed by atoms with Crippen molar-refractivity contribution in [2.45, 2.75) is 73.8 Å². The summed E-state index contributed by atoms with van der Waals surface area (Å²) in [6.07, 6.45) is 6.47. The Labute approximate surface area is 185 Å². The van der Waals surface area contributed by atoms with Gasteiger partial charge in [-0.05, 0) is 61.9 Å². The van der Waals surface area contributed by atoms with Crippen LogP contribution in [0.15, 0.2) is 53.4 Å². The SMILES string of the molecule is CC[C@@H]1[C@@H](c2ccc(OC3CCN(C4CCC4)CC3)cc2)Oc2ccccc2S1(=O)=O. The van der Waals surface area contributed by atoms with Crippen molar-refractivity contribution < 1.29 is 17.9 Å². The van der Waals surface area contributed by atoms with Crippen molar-refractivity contribution >= 4 is 9.84 Å². The molecule has 0 N–H and O–H groups in total. The van der Waals surface area contributed by atoms with E-state index in [9.17, 15) is 8.42 Å². The second-order valence-corrected chi connectivity index (χ2v) is 11.1. The first kappa shape index (κ1) is 20.8. The van der Waals surface area contributed by atoms with Gasteiger partial charge in [-0.3, -0.25) is 0 Å². The van der Waals surface area contributed by atoms with Gasteiger partial charge in [0.25, 0.3) is 0 Å². The summed E-state index contributed by atoms with van der Waals surface area (Å²) in [5, 5.41) is -0.593. The van der Waals surface area contributed by atoms with E-state index in [1.807, 2.05) is 37.3 Å². The fraction of sp³-hybridized carbons (Fsp3) is 0.520.